The molecule has 2 rings (SSSR count). The van der Waals surface area contributed by atoms with Crippen molar-refractivity contribution in [3.05, 3.63) is 60.2 Å². The number of aryl methyl sites for hydroxylation is 1. The largest absolute Gasteiger partial charge is 0.249 e. The molecule has 2 heteroatoms. The summed E-state index contributed by atoms with van der Waals surface area (Å²) in [6.45, 7) is 3.13. The van der Waals surface area contributed by atoms with Crippen LogP contribution in [0.4, 0.5) is 0 Å². The smallest absolute Gasteiger partial charge is 0.190 e. The normalized spacial score (nSPS) is 10.4. The Hall–Kier alpha value is -1.70. The van der Waals surface area contributed by atoms with Gasteiger partial charge < -0.3 is 0 Å². The number of nitrogens with zero attached hydrogens (tertiary/aromatic N) is 2. The predicted octanol–water partition coefficient (Wildman–Crippen LogP) is 2.76. The molecule has 88 valence electrons. The van der Waals surface area contributed by atoms with Crippen molar-refractivity contribution in [3.63, 3.8) is 0 Å². The first-order valence-electron chi connectivity index (χ1n) is 6.26. The van der Waals surface area contributed by atoms with Crippen LogP contribution in [0.25, 0.3) is 0 Å². The van der Waals surface area contributed by atoms with Crippen LogP contribution < -0.4 is 4.57 Å². The van der Waals surface area contributed by atoms with E-state index in [1.54, 1.807) is 0 Å². The van der Waals surface area contributed by atoms with Crippen molar-refractivity contribution in [2.45, 2.75) is 32.7 Å². The molecule has 0 N–H and O–H groups in total. The van der Waals surface area contributed by atoms with E-state index in [1.165, 1.54) is 24.1 Å². The van der Waals surface area contributed by atoms with Gasteiger partial charge >= 0.3 is 0 Å². The summed E-state index contributed by atoms with van der Waals surface area (Å²) in [5, 5.41) is 0. The topological polar surface area (TPSA) is 16.8 Å². The van der Waals surface area contributed by atoms with Crippen LogP contribution in [0.5, 0.6) is 0 Å². The zero-order chi connectivity index (χ0) is 11.9. The number of unbranched alkanes of at least 4 members (excludes halogenated alkanes) is 1. The van der Waals surface area contributed by atoms with Gasteiger partial charge in [-0.1, -0.05) is 43.7 Å². The molecule has 0 aliphatic heterocycles. The van der Waals surface area contributed by atoms with E-state index >= 15 is 0 Å². The fourth-order valence-corrected chi connectivity index (χ4v) is 1.86. The Labute approximate surface area is 103 Å². The fourth-order valence-electron chi connectivity index (χ4n) is 1.86. The lowest BCUT2D eigenvalue weighted by Gasteiger charge is -2.00. The van der Waals surface area contributed by atoms with E-state index in [2.05, 4.69) is 46.9 Å². The summed E-state index contributed by atoms with van der Waals surface area (Å²) in [4.78, 5) is 4.40. The van der Waals surface area contributed by atoms with E-state index in [1.807, 2.05) is 18.5 Å². The van der Waals surface area contributed by atoms with Crippen LogP contribution in [0.2, 0.25) is 0 Å². The number of hydrogen-bond acceptors (Lipinski definition) is 1. The second kappa shape index (κ2) is 6.14. The molecular weight excluding hydrogens is 208 g/mol. The maximum atomic E-state index is 4.40. The SMILES string of the molecule is CCCCc1c[n+](Cc2ccccc2)ccn1. The maximum Gasteiger partial charge on any atom is 0.190 e. The molecular formula is C15H19N2+. The lowest BCUT2D eigenvalue weighted by Crippen LogP contribution is -2.34. The van der Waals surface area contributed by atoms with Gasteiger partial charge in [0.25, 0.3) is 0 Å². The third-order valence-corrected chi connectivity index (χ3v) is 2.81. The van der Waals surface area contributed by atoms with Gasteiger partial charge in [0, 0.05) is 5.56 Å². The predicted molar refractivity (Wildman–Crippen MR) is 68.6 cm³/mol. The lowest BCUT2D eigenvalue weighted by molar-refractivity contribution is -0.689. The summed E-state index contributed by atoms with van der Waals surface area (Å²) in [5.74, 6) is 0. The number of aromatic nitrogens is 2. The summed E-state index contributed by atoms with van der Waals surface area (Å²) >= 11 is 0. The zero-order valence-corrected chi connectivity index (χ0v) is 10.3. The van der Waals surface area contributed by atoms with E-state index in [-0.39, 0.29) is 0 Å². The Morgan fingerprint density at radius 3 is 2.76 bits per heavy atom. The molecule has 0 amide bonds. The van der Waals surface area contributed by atoms with Gasteiger partial charge in [0.05, 0.1) is 6.20 Å². The summed E-state index contributed by atoms with van der Waals surface area (Å²) in [7, 11) is 0. The van der Waals surface area contributed by atoms with Crippen LogP contribution in [0.3, 0.4) is 0 Å². The molecule has 1 aromatic heterocycles. The average Bonchev–Trinajstić information content (AvgIpc) is 2.38. The van der Waals surface area contributed by atoms with E-state index in [0.717, 1.165) is 13.0 Å². The van der Waals surface area contributed by atoms with Gasteiger partial charge in [0.15, 0.2) is 18.9 Å². The third-order valence-electron chi connectivity index (χ3n) is 2.81. The molecule has 0 aliphatic carbocycles. The fraction of sp³-hybridized carbons (Fsp3) is 0.333. The third kappa shape index (κ3) is 3.66. The van der Waals surface area contributed by atoms with Crippen molar-refractivity contribution >= 4 is 0 Å². The van der Waals surface area contributed by atoms with Crippen molar-refractivity contribution in [2.24, 2.45) is 0 Å². The van der Waals surface area contributed by atoms with Crippen LogP contribution >= 0.6 is 0 Å². The lowest BCUT2D eigenvalue weighted by atomic mass is 10.2. The number of rotatable bonds is 5. The minimum Gasteiger partial charge on any atom is -0.249 e. The molecule has 0 saturated heterocycles. The highest BCUT2D eigenvalue weighted by Crippen LogP contribution is 2.00. The van der Waals surface area contributed by atoms with E-state index in [9.17, 15) is 0 Å². The van der Waals surface area contributed by atoms with Crippen molar-refractivity contribution in [3.8, 4) is 0 Å². The van der Waals surface area contributed by atoms with Crippen molar-refractivity contribution in [2.75, 3.05) is 0 Å². The molecule has 0 spiro atoms. The summed E-state index contributed by atoms with van der Waals surface area (Å²) in [6, 6.07) is 10.5. The molecule has 1 aromatic carbocycles. The summed E-state index contributed by atoms with van der Waals surface area (Å²) in [6.07, 6.45) is 9.59. The van der Waals surface area contributed by atoms with E-state index in [0.29, 0.717) is 0 Å². The molecule has 0 bridgehead atoms. The minimum atomic E-state index is 0.919. The molecule has 2 aromatic rings. The molecule has 0 fully saturated rings. The minimum absolute atomic E-state index is 0.919. The second-order valence-electron chi connectivity index (χ2n) is 4.31. The van der Waals surface area contributed by atoms with E-state index in [4.69, 9.17) is 0 Å². The summed E-state index contributed by atoms with van der Waals surface area (Å²) in [5.41, 5.74) is 2.51. The van der Waals surface area contributed by atoms with Crippen molar-refractivity contribution in [1.82, 2.24) is 4.98 Å². The Balaban J connectivity index is 2.06. The Bertz CT molecular complexity index is 451. The Morgan fingerprint density at radius 1 is 1.18 bits per heavy atom. The van der Waals surface area contributed by atoms with Crippen LogP contribution in [-0.4, -0.2) is 4.98 Å². The molecule has 1 heterocycles. The molecule has 0 radical (unpaired) electrons. The Morgan fingerprint density at radius 2 is 2.00 bits per heavy atom. The zero-order valence-electron chi connectivity index (χ0n) is 10.3. The first kappa shape index (κ1) is 11.8. The van der Waals surface area contributed by atoms with E-state index < -0.39 is 0 Å². The van der Waals surface area contributed by atoms with Gasteiger partial charge in [-0.2, -0.15) is 4.57 Å². The van der Waals surface area contributed by atoms with Crippen molar-refractivity contribution in [1.29, 1.82) is 0 Å². The van der Waals surface area contributed by atoms with Crippen LogP contribution in [0.15, 0.2) is 48.9 Å². The Kier molecular flexibility index (Phi) is 4.25. The molecule has 0 saturated carbocycles. The summed E-state index contributed by atoms with van der Waals surface area (Å²) < 4.78 is 2.20. The molecule has 2 nitrogen and oxygen atoms in total. The van der Waals surface area contributed by atoms with Gasteiger partial charge in [0.1, 0.15) is 5.69 Å². The standard InChI is InChI=1S/C15H19N2/c1-2-3-9-15-13-17(11-10-16-15)12-14-7-5-4-6-8-14/h4-8,10-11,13H,2-3,9,12H2,1H3/q+1. The molecule has 0 unspecified atom stereocenters. The molecule has 17 heavy (non-hydrogen) atoms. The molecule has 0 atom stereocenters. The average molecular weight is 227 g/mol. The van der Waals surface area contributed by atoms with Gasteiger partial charge in [-0.15, -0.1) is 0 Å². The first-order chi connectivity index (χ1) is 8.38. The van der Waals surface area contributed by atoms with Crippen molar-refractivity contribution < 1.29 is 4.57 Å². The van der Waals surface area contributed by atoms with Crippen LogP contribution in [-0.2, 0) is 13.0 Å². The maximum absolute atomic E-state index is 4.40. The van der Waals surface area contributed by atoms with Crippen LogP contribution in [0.1, 0.15) is 31.0 Å². The van der Waals surface area contributed by atoms with Gasteiger partial charge in [-0.25, -0.2) is 4.98 Å². The number of benzene rings is 1. The first-order valence-corrected chi connectivity index (χ1v) is 6.26. The molecule has 0 aliphatic rings. The quantitative estimate of drug-likeness (QED) is 0.718. The van der Waals surface area contributed by atoms with Gasteiger partial charge in [0.2, 0.25) is 0 Å². The second-order valence-corrected chi connectivity index (χ2v) is 4.31. The highest BCUT2D eigenvalue weighted by Gasteiger charge is 2.04. The highest BCUT2D eigenvalue weighted by molar-refractivity contribution is 5.13. The van der Waals surface area contributed by atoms with Gasteiger partial charge in [-0.3, -0.25) is 0 Å². The monoisotopic (exact) mass is 227 g/mol. The number of hydrogen-bond donors (Lipinski definition) is 0. The highest BCUT2D eigenvalue weighted by atomic mass is 15.0. The van der Waals surface area contributed by atoms with Gasteiger partial charge in [-0.05, 0) is 12.8 Å². The van der Waals surface area contributed by atoms with Crippen LogP contribution in [0, 0.1) is 0 Å².